The zero-order chi connectivity index (χ0) is 18.1. The third kappa shape index (κ3) is 5.42. The molecule has 0 aliphatic rings. The second-order valence-corrected chi connectivity index (χ2v) is 5.21. The van der Waals surface area contributed by atoms with Crippen LogP contribution in [-0.2, 0) is 16.0 Å². The third-order valence-electron chi connectivity index (χ3n) is 3.34. The standard InChI is InChI=1S/C17H23N3O4/c1-5-7-13-8-12(9-14(24-4)15(13)21)10-18-20-17(23)16(22)19-11(3)6-2/h5,8-11,21H,1,6-7H2,2-4H3,(H,19,22)(H,20,23)/b18-10+/t11-/m1/s1. The summed E-state index contributed by atoms with van der Waals surface area (Å²) in [5.74, 6) is -1.26. The number of benzene rings is 1. The fourth-order valence-electron chi connectivity index (χ4n) is 1.84. The summed E-state index contributed by atoms with van der Waals surface area (Å²) >= 11 is 0. The number of aromatic hydroxyl groups is 1. The summed E-state index contributed by atoms with van der Waals surface area (Å²) in [4.78, 5) is 23.2. The van der Waals surface area contributed by atoms with Gasteiger partial charge in [-0.05, 0) is 37.5 Å². The van der Waals surface area contributed by atoms with Gasteiger partial charge < -0.3 is 15.2 Å². The van der Waals surface area contributed by atoms with E-state index in [-0.39, 0.29) is 17.5 Å². The molecule has 7 heteroatoms. The number of amides is 2. The highest BCUT2D eigenvalue weighted by Crippen LogP contribution is 2.31. The number of hydrogen-bond acceptors (Lipinski definition) is 5. The van der Waals surface area contributed by atoms with Gasteiger partial charge in [0.15, 0.2) is 11.5 Å². The average Bonchev–Trinajstić information content (AvgIpc) is 2.57. The van der Waals surface area contributed by atoms with Crippen molar-refractivity contribution in [1.82, 2.24) is 10.7 Å². The Morgan fingerprint density at radius 3 is 2.71 bits per heavy atom. The first-order valence-corrected chi connectivity index (χ1v) is 7.57. The topological polar surface area (TPSA) is 100 Å². The number of nitrogens with one attached hydrogen (secondary N) is 2. The lowest BCUT2D eigenvalue weighted by Gasteiger charge is -2.10. The minimum absolute atomic E-state index is 0.0338. The van der Waals surface area contributed by atoms with Gasteiger partial charge in [-0.15, -0.1) is 6.58 Å². The number of carbonyl (C=O) groups is 2. The van der Waals surface area contributed by atoms with E-state index in [1.165, 1.54) is 13.3 Å². The van der Waals surface area contributed by atoms with Gasteiger partial charge in [-0.3, -0.25) is 9.59 Å². The molecule has 1 aromatic carbocycles. The normalized spacial score (nSPS) is 11.8. The van der Waals surface area contributed by atoms with Gasteiger partial charge in [0.25, 0.3) is 0 Å². The Morgan fingerprint density at radius 2 is 2.12 bits per heavy atom. The first-order valence-electron chi connectivity index (χ1n) is 7.57. The quantitative estimate of drug-likeness (QED) is 0.305. The Labute approximate surface area is 141 Å². The molecular weight excluding hydrogens is 310 g/mol. The molecule has 24 heavy (non-hydrogen) atoms. The van der Waals surface area contributed by atoms with E-state index in [1.54, 1.807) is 25.1 Å². The smallest absolute Gasteiger partial charge is 0.329 e. The molecule has 3 N–H and O–H groups in total. The molecule has 7 nitrogen and oxygen atoms in total. The van der Waals surface area contributed by atoms with Crippen molar-refractivity contribution in [3.63, 3.8) is 0 Å². The molecule has 0 fully saturated rings. The van der Waals surface area contributed by atoms with Crippen LogP contribution in [0.4, 0.5) is 0 Å². The van der Waals surface area contributed by atoms with Crippen molar-refractivity contribution in [1.29, 1.82) is 0 Å². The van der Waals surface area contributed by atoms with E-state index in [0.29, 0.717) is 17.5 Å². The van der Waals surface area contributed by atoms with Crippen LogP contribution in [0.5, 0.6) is 11.5 Å². The molecule has 0 aromatic heterocycles. The molecule has 0 radical (unpaired) electrons. The van der Waals surface area contributed by atoms with Gasteiger partial charge in [0.2, 0.25) is 0 Å². The summed E-state index contributed by atoms with van der Waals surface area (Å²) in [6.45, 7) is 7.34. The number of allylic oxidation sites excluding steroid dienone is 1. The van der Waals surface area contributed by atoms with Crippen molar-refractivity contribution in [3.8, 4) is 11.5 Å². The molecule has 0 unspecified atom stereocenters. The first-order chi connectivity index (χ1) is 11.4. The third-order valence-corrected chi connectivity index (χ3v) is 3.34. The van der Waals surface area contributed by atoms with E-state index in [1.807, 2.05) is 6.92 Å². The Kier molecular flexibility index (Phi) is 7.48. The molecule has 1 rings (SSSR count). The molecule has 2 amide bonds. The van der Waals surface area contributed by atoms with E-state index < -0.39 is 11.8 Å². The van der Waals surface area contributed by atoms with Gasteiger partial charge in [-0.2, -0.15) is 5.10 Å². The summed E-state index contributed by atoms with van der Waals surface area (Å²) in [6, 6.07) is 3.17. The van der Waals surface area contributed by atoms with Crippen LogP contribution in [-0.4, -0.2) is 36.3 Å². The van der Waals surface area contributed by atoms with Crippen LogP contribution in [0.3, 0.4) is 0 Å². The molecule has 0 aliphatic carbocycles. The summed E-state index contributed by atoms with van der Waals surface area (Å²) in [5.41, 5.74) is 3.38. The summed E-state index contributed by atoms with van der Waals surface area (Å²) in [5, 5.41) is 16.3. The van der Waals surface area contributed by atoms with Crippen molar-refractivity contribution >= 4 is 18.0 Å². The molecule has 0 aliphatic heterocycles. The highest BCUT2D eigenvalue weighted by atomic mass is 16.5. The molecule has 1 atom stereocenters. The lowest BCUT2D eigenvalue weighted by atomic mass is 10.1. The van der Waals surface area contributed by atoms with Crippen molar-refractivity contribution in [2.75, 3.05) is 7.11 Å². The maximum atomic E-state index is 11.6. The second kappa shape index (κ2) is 9.34. The Balaban J connectivity index is 2.80. The van der Waals surface area contributed by atoms with Gasteiger partial charge in [-0.25, -0.2) is 5.43 Å². The van der Waals surface area contributed by atoms with Crippen LogP contribution in [0.25, 0.3) is 0 Å². The summed E-state index contributed by atoms with van der Waals surface area (Å²) in [7, 11) is 1.44. The highest BCUT2D eigenvalue weighted by Gasteiger charge is 2.14. The number of nitrogens with zero attached hydrogens (tertiary/aromatic N) is 1. The average molecular weight is 333 g/mol. The lowest BCUT2D eigenvalue weighted by Crippen LogP contribution is -2.41. The van der Waals surface area contributed by atoms with Crippen LogP contribution in [0, 0.1) is 0 Å². The van der Waals surface area contributed by atoms with Crippen LogP contribution in [0.2, 0.25) is 0 Å². The molecule has 0 heterocycles. The summed E-state index contributed by atoms with van der Waals surface area (Å²) < 4.78 is 5.10. The van der Waals surface area contributed by atoms with Gasteiger partial charge in [0.05, 0.1) is 13.3 Å². The number of carbonyl (C=O) groups excluding carboxylic acids is 2. The molecule has 0 spiro atoms. The number of ether oxygens (including phenoxy) is 1. The Morgan fingerprint density at radius 1 is 1.42 bits per heavy atom. The van der Waals surface area contributed by atoms with Crippen LogP contribution in [0.15, 0.2) is 29.9 Å². The minimum Gasteiger partial charge on any atom is -0.504 e. The van der Waals surface area contributed by atoms with E-state index in [4.69, 9.17) is 4.74 Å². The van der Waals surface area contributed by atoms with E-state index in [9.17, 15) is 14.7 Å². The van der Waals surface area contributed by atoms with Crippen LogP contribution >= 0.6 is 0 Å². The predicted octanol–water partition coefficient (Wildman–Crippen LogP) is 1.49. The van der Waals surface area contributed by atoms with Gasteiger partial charge in [-0.1, -0.05) is 13.0 Å². The number of rotatable bonds is 7. The van der Waals surface area contributed by atoms with Gasteiger partial charge >= 0.3 is 11.8 Å². The Hall–Kier alpha value is -2.83. The number of hydrogen-bond donors (Lipinski definition) is 3. The Bertz CT molecular complexity index is 641. The largest absolute Gasteiger partial charge is 0.504 e. The minimum atomic E-state index is -0.844. The van der Waals surface area contributed by atoms with E-state index in [0.717, 1.165) is 6.42 Å². The molecular formula is C17H23N3O4. The molecule has 1 aromatic rings. The predicted molar refractivity (Wildman–Crippen MR) is 92.2 cm³/mol. The van der Waals surface area contributed by atoms with Crippen molar-refractivity contribution in [2.24, 2.45) is 5.10 Å². The SMILES string of the molecule is C=CCc1cc(/C=N/NC(=O)C(=O)N[C@H](C)CC)cc(OC)c1O. The number of hydrazone groups is 1. The lowest BCUT2D eigenvalue weighted by molar-refractivity contribution is -0.139. The molecule has 0 saturated heterocycles. The van der Waals surface area contributed by atoms with Crippen molar-refractivity contribution in [3.05, 3.63) is 35.9 Å². The fourth-order valence-corrected chi connectivity index (χ4v) is 1.84. The van der Waals surface area contributed by atoms with Gasteiger partial charge in [0, 0.05) is 11.6 Å². The number of methoxy groups -OCH3 is 1. The number of phenolic OH excluding ortho intramolecular Hbond substituents is 1. The fraction of sp³-hybridized carbons (Fsp3) is 0.353. The molecule has 130 valence electrons. The monoisotopic (exact) mass is 333 g/mol. The zero-order valence-corrected chi connectivity index (χ0v) is 14.1. The highest BCUT2D eigenvalue weighted by molar-refractivity contribution is 6.35. The first kappa shape index (κ1) is 19.2. The van der Waals surface area contributed by atoms with E-state index >= 15 is 0 Å². The maximum Gasteiger partial charge on any atom is 0.329 e. The van der Waals surface area contributed by atoms with Gasteiger partial charge in [0.1, 0.15) is 0 Å². The van der Waals surface area contributed by atoms with Crippen LogP contribution in [0.1, 0.15) is 31.4 Å². The van der Waals surface area contributed by atoms with Crippen molar-refractivity contribution < 1.29 is 19.4 Å². The van der Waals surface area contributed by atoms with E-state index in [2.05, 4.69) is 22.4 Å². The zero-order valence-electron chi connectivity index (χ0n) is 14.1. The van der Waals surface area contributed by atoms with Crippen molar-refractivity contribution in [2.45, 2.75) is 32.7 Å². The number of phenols is 1. The van der Waals surface area contributed by atoms with Crippen LogP contribution < -0.4 is 15.5 Å². The second-order valence-electron chi connectivity index (χ2n) is 5.21. The molecule has 0 bridgehead atoms. The summed E-state index contributed by atoms with van der Waals surface area (Å²) in [6.07, 6.45) is 4.19. The molecule has 0 saturated carbocycles. The maximum absolute atomic E-state index is 11.6.